The van der Waals surface area contributed by atoms with E-state index in [0.29, 0.717) is 11.3 Å². The molecular weight excluding hydrogens is 288 g/mol. The van der Waals surface area contributed by atoms with Gasteiger partial charge < -0.3 is 5.32 Å². The highest BCUT2D eigenvalue weighted by Gasteiger charge is 2.28. The number of hydrogen-bond acceptors (Lipinski definition) is 3. The Morgan fingerprint density at radius 1 is 1.05 bits per heavy atom. The van der Waals surface area contributed by atoms with Gasteiger partial charge in [-0.25, -0.2) is 0 Å². The Balaban J connectivity index is 2.20. The molecule has 5 heteroatoms. The maximum atomic E-state index is 12.1. The van der Waals surface area contributed by atoms with Crippen LogP contribution in [0.15, 0.2) is 54.6 Å². The minimum absolute atomic E-state index is 0.282. The molecule has 2 aromatic carbocycles. The number of nitrogens with zero attached hydrogens (tertiary/aromatic N) is 1. The van der Waals surface area contributed by atoms with E-state index in [2.05, 4.69) is 5.32 Å². The number of carbonyl (C=O) groups is 2. The predicted molar refractivity (Wildman–Crippen MR) is 79.9 cm³/mol. The van der Waals surface area contributed by atoms with Crippen LogP contribution in [-0.4, -0.2) is 11.7 Å². The van der Waals surface area contributed by atoms with Crippen LogP contribution in [0.3, 0.4) is 0 Å². The number of nitrogens with one attached hydrogen (secondary N) is 1. The summed E-state index contributed by atoms with van der Waals surface area (Å²) in [5, 5.41) is 11.9. The molecule has 0 radical (unpaired) electrons. The molecule has 0 heterocycles. The van der Waals surface area contributed by atoms with Gasteiger partial charge in [0.2, 0.25) is 5.78 Å². The van der Waals surface area contributed by atoms with Gasteiger partial charge in [0.05, 0.1) is 6.07 Å². The van der Waals surface area contributed by atoms with Crippen molar-refractivity contribution in [2.24, 2.45) is 0 Å². The molecule has 1 N–H and O–H groups in total. The van der Waals surface area contributed by atoms with Crippen LogP contribution in [0.25, 0.3) is 0 Å². The van der Waals surface area contributed by atoms with E-state index in [9.17, 15) is 14.9 Å². The zero-order valence-corrected chi connectivity index (χ0v) is 11.7. The largest absolute Gasteiger partial charge is 0.319 e. The fourth-order valence-corrected chi connectivity index (χ4v) is 2.07. The van der Waals surface area contributed by atoms with Crippen molar-refractivity contribution in [1.29, 1.82) is 5.26 Å². The molecule has 0 spiro atoms. The zero-order chi connectivity index (χ0) is 15.2. The van der Waals surface area contributed by atoms with Gasteiger partial charge in [0, 0.05) is 10.7 Å². The SMILES string of the molecule is N#C[C@H](C(=O)C(=O)Nc1ccccc1)c1ccccc1Cl. The molecule has 0 aliphatic heterocycles. The third-order valence-electron chi connectivity index (χ3n) is 2.86. The normalized spacial score (nSPS) is 11.2. The first-order chi connectivity index (χ1) is 10.1. The van der Waals surface area contributed by atoms with E-state index < -0.39 is 17.6 Å². The van der Waals surface area contributed by atoms with Crippen molar-refractivity contribution in [2.45, 2.75) is 5.92 Å². The van der Waals surface area contributed by atoms with Crippen LogP contribution < -0.4 is 5.32 Å². The van der Waals surface area contributed by atoms with E-state index in [1.807, 2.05) is 6.07 Å². The first-order valence-electron chi connectivity index (χ1n) is 6.17. The molecule has 1 atom stereocenters. The van der Waals surface area contributed by atoms with E-state index in [-0.39, 0.29) is 5.02 Å². The Bertz CT molecular complexity index is 708. The van der Waals surface area contributed by atoms with Gasteiger partial charge >= 0.3 is 0 Å². The second-order valence-electron chi connectivity index (χ2n) is 4.27. The molecule has 2 rings (SSSR count). The van der Waals surface area contributed by atoms with E-state index in [0.717, 1.165) is 0 Å². The number of nitriles is 1. The maximum Gasteiger partial charge on any atom is 0.293 e. The van der Waals surface area contributed by atoms with Gasteiger partial charge in [-0.2, -0.15) is 5.26 Å². The lowest BCUT2D eigenvalue weighted by atomic mass is 9.95. The Hall–Kier alpha value is -2.64. The molecule has 2 aromatic rings. The fourth-order valence-electron chi connectivity index (χ4n) is 1.82. The van der Waals surface area contributed by atoms with Crippen LogP contribution in [-0.2, 0) is 9.59 Å². The Morgan fingerprint density at radius 3 is 2.29 bits per heavy atom. The molecule has 0 saturated heterocycles. The van der Waals surface area contributed by atoms with Gasteiger partial charge in [-0.3, -0.25) is 9.59 Å². The summed E-state index contributed by atoms with van der Waals surface area (Å²) in [6.07, 6.45) is 0. The van der Waals surface area contributed by atoms with Gasteiger partial charge in [-0.05, 0) is 23.8 Å². The van der Waals surface area contributed by atoms with Crippen LogP contribution in [0, 0.1) is 11.3 Å². The number of Topliss-reactive ketones (excluding diaryl/α,β-unsaturated/α-hetero) is 1. The molecule has 21 heavy (non-hydrogen) atoms. The van der Waals surface area contributed by atoms with E-state index in [1.165, 1.54) is 0 Å². The zero-order valence-electron chi connectivity index (χ0n) is 10.9. The summed E-state index contributed by atoms with van der Waals surface area (Å²) in [5.41, 5.74) is 0.821. The number of hydrogen-bond donors (Lipinski definition) is 1. The van der Waals surface area contributed by atoms with Gasteiger partial charge in [0.25, 0.3) is 5.91 Å². The monoisotopic (exact) mass is 298 g/mol. The van der Waals surface area contributed by atoms with Crippen molar-refractivity contribution in [3.8, 4) is 6.07 Å². The van der Waals surface area contributed by atoms with Crippen molar-refractivity contribution in [3.05, 3.63) is 65.2 Å². The third kappa shape index (κ3) is 3.47. The van der Waals surface area contributed by atoms with Crippen LogP contribution in [0.2, 0.25) is 5.02 Å². The van der Waals surface area contributed by atoms with Crippen molar-refractivity contribution in [1.82, 2.24) is 0 Å². The highest BCUT2D eigenvalue weighted by Crippen LogP contribution is 2.25. The highest BCUT2D eigenvalue weighted by molar-refractivity contribution is 6.43. The van der Waals surface area contributed by atoms with Gasteiger partial charge in [-0.1, -0.05) is 48.0 Å². The number of ketones is 1. The Morgan fingerprint density at radius 2 is 1.67 bits per heavy atom. The van der Waals surface area contributed by atoms with Gasteiger partial charge in [0.15, 0.2) is 0 Å². The second kappa shape index (κ2) is 6.69. The molecule has 4 nitrogen and oxygen atoms in total. The molecule has 0 unspecified atom stereocenters. The fraction of sp³-hybridized carbons (Fsp3) is 0.0625. The molecule has 0 aliphatic carbocycles. The van der Waals surface area contributed by atoms with Crippen LogP contribution in [0.1, 0.15) is 11.5 Å². The topological polar surface area (TPSA) is 70.0 Å². The van der Waals surface area contributed by atoms with Gasteiger partial charge in [-0.15, -0.1) is 0 Å². The summed E-state index contributed by atoms with van der Waals surface area (Å²) in [4.78, 5) is 24.1. The summed E-state index contributed by atoms with van der Waals surface area (Å²) in [7, 11) is 0. The second-order valence-corrected chi connectivity index (χ2v) is 4.68. The number of anilines is 1. The van der Waals surface area contributed by atoms with Gasteiger partial charge in [0.1, 0.15) is 5.92 Å². The molecule has 0 bridgehead atoms. The highest BCUT2D eigenvalue weighted by atomic mass is 35.5. The molecule has 0 aromatic heterocycles. The average Bonchev–Trinajstić information content (AvgIpc) is 2.50. The minimum Gasteiger partial charge on any atom is -0.319 e. The molecule has 0 saturated carbocycles. The smallest absolute Gasteiger partial charge is 0.293 e. The quantitative estimate of drug-likeness (QED) is 0.881. The Kier molecular flexibility index (Phi) is 4.70. The predicted octanol–water partition coefficient (Wildman–Crippen LogP) is 3.15. The lowest BCUT2D eigenvalue weighted by molar-refractivity contribution is -0.135. The molecule has 1 amide bonds. The van der Waals surface area contributed by atoms with Crippen LogP contribution >= 0.6 is 11.6 Å². The van der Waals surface area contributed by atoms with Crippen molar-refractivity contribution in [3.63, 3.8) is 0 Å². The Labute approximate surface area is 127 Å². The number of carbonyl (C=O) groups excluding carboxylic acids is 2. The van der Waals surface area contributed by atoms with Crippen molar-refractivity contribution < 1.29 is 9.59 Å². The molecule has 0 fully saturated rings. The third-order valence-corrected chi connectivity index (χ3v) is 3.21. The van der Waals surface area contributed by atoms with Crippen molar-refractivity contribution >= 4 is 29.0 Å². The summed E-state index contributed by atoms with van der Waals surface area (Å²) >= 11 is 5.97. The van der Waals surface area contributed by atoms with E-state index >= 15 is 0 Å². The minimum atomic E-state index is -1.22. The lowest BCUT2D eigenvalue weighted by Crippen LogP contribution is -2.27. The molecule has 104 valence electrons. The van der Waals surface area contributed by atoms with Crippen LogP contribution in [0.5, 0.6) is 0 Å². The van der Waals surface area contributed by atoms with Crippen LogP contribution in [0.4, 0.5) is 5.69 Å². The standard InChI is InChI=1S/C16H11ClN2O2/c17-14-9-5-4-8-12(14)13(10-18)15(20)16(21)19-11-6-2-1-3-7-11/h1-9,13H,(H,19,21)/t13-/m0/s1. The van der Waals surface area contributed by atoms with Crippen molar-refractivity contribution in [2.75, 3.05) is 5.32 Å². The number of benzene rings is 2. The first-order valence-corrected chi connectivity index (χ1v) is 6.55. The summed E-state index contributed by atoms with van der Waals surface area (Å²) in [6, 6.07) is 16.9. The summed E-state index contributed by atoms with van der Waals surface area (Å²) in [6.45, 7) is 0. The van der Waals surface area contributed by atoms with E-state index in [4.69, 9.17) is 11.6 Å². The first kappa shape index (κ1) is 14.8. The maximum absolute atomic E-state index is 12.1. The van der Waals surface area contributed by atoms with E-state index in [1.54, 1.807) is 54.6 Å². The molecular formula is C16H11ClN2O2. The summed E-state index contributed by atoms with van der Waals surface area (Å²) in [5.74, 6) is -2.90. The lowest BCUT2D eigenvalue weighted by Gasteiger charge is -2.10. The number of para-hydroxylation sites is 1. The number of rotatable bonds is 4. The molecule has 0 aliphatic rings. The number of halogens is 1. The summed E-state index contributed by atoms with van der Waals surface area (Å²) < 4.78 is 0. The number of amides is 1. The average molecular weight is 299 g/mol.